The van der Waals surface area contributed by atoms with E-state index in [4.69, 9.17) is 17.3 Å². The Hall–Kier alpha value is -0.880. The van der Waals surface area contributed by atoms with Crippen molar-refractivity contribution in [2.75, 3.05) is 0 Å². The molecular weight excluding hydrogens is 253 g/mol. The number of rotatable bonds is 2. The minimum Gasteiger partial charge on any atom is -0.319 e. The van der Waals surface area contributed by atoms with E-state index < -0.39 is 29.8 Å². The van der Waals surface area contributed by atoms with Crippen LogP contribution >= 0.6 is 11.6 Å². The summed E-state index contributed by atoms with van der Waals surface area (Å²) in [6, 6.07) is 0.559. The SMILES string of the molecule is N[C@H](c1ccc(Cl)cc1C(F)(F)F)C(F)F. The van der Waals surface area contributed by atoms with Gasteiger partial charge in [-0.1, -0.05) is 17.7 Å². The highest BCUT2D eigenvalue weighted by atomic mass is 35.5. The van der Waals surface area contributed by atoms with E-state index in [0.717, 1.165) is 12.1 Å². The number of hydrogen-bond donors (Lipinski definition) is 1. The van der Waals surface area contributed by atoms with Crippen LogP contribution in [0.2, 0.25) is 5.02 Å². The third kappa shape index (κ3) is 2.82. The monoisotopic (exact) mass is 259 g/mol. The fourth-order valence-electron chi connectivity index (χ4n) is 1.20. The molecule has 0 saturated heterocycles. The van der Waals surface area contributed by atoms with Crippen molar-refractivity contribution >= 4 is 11.6 Å². The summed E-state index contributed by atoms with van der Waals surface area (Å²) in [5, 5.41) is -0.183. The van der Waals surface area contributed by atoms with Crippen molar-refractivity contribution in [3.63, 3.8) is 0 Å². The lowest BCUT2D eigenvalue weighted by molar-refractivity contribution is -0.138. The zero-order valence-electron chi connectivity index (χ0n) is 7.73. The van der Waals surface area contributed by atoms with Crippen LogP contribution in [-0.4, -0.2) is 6.43 Å². The van der Waals surface area contributed by atoms with E-state index in [1.807, 2.05) is 0 Å². The molecule has 0 aromatic heterocycles. The van der Waals surface area contributed by atoms with Crippen molar-refractivity contribution in [3.8, 4) is 0 Å². The average Bonchev–Trinajstić information content (AvgIpc) is 2.15. The maximum Gasteiger partial charge on any atom is 0.416 e. The molecule has 0 heterocycles. The maximum absolute atomic E-state index is 12.5. The van der Waals surface area contributed by atoms with Gasteiger partial charge in [0.25, 0.3) is 6.43 Å². The van der Waals surface area contributed by atoms with Gasteiger partial charge in [-0.15, -0.1) is 0 Å². The summed E-state index contributed by atoms with van der Waals surface area (Å²) < 4.78 is 62.0. The highest BCUT2D eigenvalue weighted by Crippen LogP contribution is 2.36. The lowest BCUT2D eigenvalue weighted by Crippen LogP contribution is -2.23. The summed E-state index contributed by atoms with van der Waals surface area (Å²) in [6.07, 6.45) is -7.82. The Kier molecular flexibility index (Phi) is 3.75. The molecule has 0 bridgehead atoms. The molecule has 0 aliphatic carbocycles. The number of halogens is 6. The third-order valence-electron chi connectivity index (χ3n) is 1.95. The van der Waals surface area contributed by atoms with Gasteiger partial charge in [0.1, 0.15) is 0 Å². The van der Waals surface area contributed by atoms with E-state index in [1.54, 1.807) is 0 Å². The van der Waals surface area contributed by atoms with Gasteiger partial charge in [-0.05, 0) is 17.7 Å². The summed E-state index contributed by atoms with van der Waals surface area (Å²) in [4.78, 5) is 0. The van der Waals surface area contributed by atoms with Crippen LogP contribution in [0.1, 0.15) is 17.2 Å². The molecule has 0 saturated carbocycles. The quantitative estimate of drug-likeness (QED) is 0.807. The summed E-state index contributed by atoms with van der Waals surface area (Å²) >= 11 is 5.38. The molecule has 16 heavy (non-hydrogen) atoms. The van der Waals surface area contributed by atoms with E-state index in [-0.39, 0.29) is 5.02 Å². The molecule has 7 heteroatoms. The summed E-state index contributed by atoms with van der Waals surface area (Å²) in [5.74, 6) is 0. The van der Waals surface area contributed by atoms with Crippen molar-refractivity contribution in [2.24, 2.45) is 5.73 Å². The Labute approximate surface area is 93.0 Å². The summed E-state index contributed by atoms with van der Waals surface area (Å²) in [5.41, 5.74) is 3.10. The molecular formula is C9H7ClF5N. The molecule has 0 fully saturated rings. The van der Waals surface area contributed by atoms with E-state index in [1.165, 1.54) is 0 Å². The molecule has 1 rings (SSSR count). The molecule has 90 valence electrons. The predicted molar refractivity (Wildman–Crippen MR) is 49.4 cm³/mol. The van der Waals surface area contributed by atoms with Crippen molar-refractivity contribution in [3.05, 3.63) is 34.3 Å². The number of alkyl halides is 5. The Morgan fingerprint density at radius 2 is 1.75 bits per heavy atom. The molecule has 0 radical (unpaired) electrons. The van der Waals surface area contributed by atoms with Gasteiger partial charge in [0.15, 0.2) is 0 Å². The minimum atomic E-state index is -4.76. The van der Waals surface area contributed by atoms with Crippen LogP contribution in [0.3, 0.4) is 0 Å². The molecule has 2 N–H and O–H groups in total. The van der Waals surface area contributed by atoms with Crippen molar-refractivity contribution < 1.29 is 22.0 Å². The van der Waals surface area contributed by atoms with Gasteiger partial charge in [-0.2, -0.15) is 13.2 Å². The Morgan fingerprint density at radius 1 is 1.19 bits per heavy atom. The molecule has 0 aliphatic heterocycles. The van der Waals surface area contributed by atoms with Crippen LogP contribution in [0, 0.1) is 0 Å². The third-order valence-corrected chi connectivity index (χ3v) is 2.19. The molecule has 0 aliphatic rings. The van der Waals surface area contributed by atoms with Crippen LogP contribution in [0.4, 0.5) is 22.0 Å². The first kappa shape index (κ1) is 13.2. The Bertz CT molecular complexity index is 377. The second kappa shape index (κ2) is 4.55. The largest absolute Gasteiger partial charge is 0.416 e. The molecule has 1 atom stereocenters. The van der Waals surface area contributed by atoms with Crippen LogP contribution in [0.25, 0.3) is 0 Å². The smallest absolute Gasteiger partial charge is 0.319 e. The van der Waals surface area contributed by atoms with E-state index in [9.17, 15) is 22.0 Å². The number of benzene rings is 1. The first-order valence-corrected chi connectivity index (χ1v) is 4.51. The Morgan fingerprint density at radius 3 is 2.19 bits per heavy atom. The molecule has 1 nitrogen and oxygen atoms in total. The van der Waals surface area contributed by atoms with Crippen molar-refractivity contribution in [2.45, 2.75) is 18.6 Å². The Balaban J connectivity index is 3.29. The van der Waals surface area contributed by atoms with Crippen LogP contribution in [-0.2, 0) is 6.18 Å². The van der Waals surface area contributed by atoms with Crippen molar-refractivity contribution in [1.82, 2.24) is 0 Å². The maximum atomic E-state index is 12.5. The minimum absolute atomic E-state index is 0.183. The molecule has 0 spiro atoms. The fraction of sp³-hybridized carbons (Fsp3) is 0.333. The van der Waals surface area contributed by atoms with Crippen molar-refractivity contribution in [1.29, 1.82) is 0 Å². The van der Waals surface area contributed by atoms with Gasteiger partial charge in [0.2, 0.25) is 0 Å². The second-order valence-electron chi connectivity index (χ2n) is 3.09. The second-order valence-corrected chi connectivity index (χ2v) is 3.53. The van der Waals surface area contributed by atoms with Gasteiger partial charge in [-0.25, -0.2) is 8.78 Å². The van der Waals surface area contributed by atoms with Gasteiger partial charge >= 0.3 is 6.18 Å². The van der Waals surface area contributed by atoms with E-state index in [2.05, 4.69) is 0 Å². The van der Waals surface area contributed by atoms with Gasteiger partial charge in [-0.3, -0.25) is 0 Å². The first-order chi connectivity index (χ1) is 7.23. The van der Waals surface area contributed by atoms with Gasteiger partial charge in [0, 0.05) is 5.02 Å². The summed E-state index contributed by atoms with van der Waals surface area (Å²) in [7, 11) is 0. The van der Waals surface area contributed by atoms with Crippen LogP contribution in [0.15, 0.2) is 18.2 Å². The lowest BCUT2D eigenvalue weighted by atomic mass is 10.0. The van der Waals surface area contributed by atoms with Gasteiger partial charge in [0.05, 0.1) is 11.6 Å². The van der Waals surface area contributed by atoms with E-state index >= 15 is 0 Å². The fourth-order valence-corrected chi connectivity index (χ4v) is 1.37. The summed E-state index contributed by atoms with van der Waals surface area (Å²) in [6.45, 7) is 0. The van der Waals surface area contributed by atoms with Crippen LogP contribution in [0.5, 0.6) is 0 Å². The molecule has 1 aromatic carbocycles. The number of hydrogen-bond acceptors (Lipinski definition) is 1. The standard InChI is InChI=1S/C9H7ClF5N/c10-4-1-2-5(7(16)8(11)12)6(3-4)9(13,14)15/h1-3,7-8H,16H2/t7-/m1/s1. The lowest BCUT2D eigenvalue weighted by Gasteiger charge is -2.17. The van der Waals surface area contributed by atoms with Gasteiger partial charge < -0.3 is 5.73 Å². The average molecular weight is 260 g/mol. The molecule has 1 aromatic rings. The van der Waals surface area contributed by atoms with Crippen LogP contribution < -0.4 is 5.73 Å². The highest BCUT2D eigenvalue weighted by molar-refractivity contribution is 6.30. The topological polar surface area (TPSA) is 26.0 Å². The predicted octanol–water partition coefficient (Wildman–Crippen LogP) is 3.62. The number of nitrogens with two attached hydrogens (primary N) is 1. The highest BCUT2D eigenvalue weighted by Gasteiger charge is 2.36. The zero-order valence-corrected chi connectivity index (χ0v) is 8.49. The first-order valence-electron chi connectivity index (χ1n) is 4.14. The molecule has 0 amide bonds. The normalized spacial score (nSPS) is 14.2. The zero-order chi connectivity index (χ0) is 12.5. The van der Waals surface area contributed by atoms with E-state index in [0.29, 0.717) is 6.07 Å². The molecule has 0 unspecified atom stereocenters.